The minimum Gasteiger partial charge on any atom is -0.475 e. The van der Waals surface area contributed by atoms with E-state index in [9.17, 15) is 14.9 Å². The zero-order valence-corrected chi connectivity index (χ0v) is 14.3. The second kappa shape index (κ2) is 6.73. The molecule has 1 aliphatic rings. The third kappa shape index (κ3) is 3.22. The molecule has 3 aromatic rings. The Bertz CT molecular complexity index is 989. The Morgan fingerprint density at radius 2 is 1.96 bits per heavy atom. The quantitative estimate of drug-likeness (QED) is 0.548. The molecule has 8 nitrogen and oxygen atoms in total. The molecule has 1 N–H and O–H groups in total. The molecular weight excluding hydrogens is 350 g/mol. The van der Waals surface area contributed by atoms with Crippen LogP contribution in [0.2, 0.25) is 0 Å². The van der Waals surface area contributed by atoms with Crippen LogP contribution in [0.1, 0.15) is 33.6 Å². The van der Waals surface area contributed by atoms with Gasteiger partial charge in [-0.2, -0.15) is 0 Å². The largest absolute Gasteiger partial charge is 0.475 e. The molecule has 1 aromatic carbocycles. The number of hydrogen-bond acceptors (Lipinski definition) is 5. The normalized spacial score (nSPS) is 16.8. The summed E-state index contributed by atoms with van der Waals surface area (Å²) in [6.07, 6.45) is 2.01. The monoisotopic (exact) mass is 367 g/mol. The van der Waals surface area contributed by atoms with Crippen LogP contribution in [-0.4, -0.2) is 32.0 Å². The molecular formula is C19H17N3O5. The first kappa shape index (κ1) is 17.0. The van der Waals surface area contributed by atoms with Gasteiger partial charge in [0.2, 0.25) is 5.76 Å². The number of non-ortho nitro benzene ring substituents is 1. The first-order valence-corrected chi connectivity index (χ1v) is 8.48. The third-order valence-electron chi connectivity index (χ3n) is 4.79. The van der Waals surface area contributed by atoms with Crippen LogP contribution in [0.25, 0.3) is 0 Å². The fourth-order valence-electron chi connectivity index (χ4n) is 3.54. The number of nitro benzene ring substituents is 1. The SMILES string of the molecule is O=C(O)c1ccc(CN2CCn3cccc3C2c2ccc([N+](=O)[O-])cc2)o1. The highest BCUT2D eigenvalue weighted by molar-refractivity contribution is 5.84. The molecule has 0 aliphatic carbocycles. The Morgan fingerprint density at radius 1 is 1.19 bits per heavy atom. The topological polar surface area (TPSA) is 102 Å². The van der Waals surface area contributed by atoms with Crippen LogP contribution in [0.4, 0.5) is 5.69 Å². The van der Waals surface area contributed by atoms with Crippen molar-refractivity contribution in [2.24, 2.45) is 0 Å². The summed E-state index contributed by atoms with van der Waals surface area (Å²) in [6, 6.07) is 13.6. The Morgan fingerprint density at radius 3 is 2.63 bits per heavy atom. The Hall–Kier alpha value is -3.39. The van der Waals surface area contributed by atoms with Crippen LogP contribution >= 0.6 is 0 Å². The van der Waals surface area contributed by atoms with Gasteiger partial charge in [-0.3, -0.25) is 15.0 Å². The Balaban J connectivity index is 1.67. The first-order valence-electron chi connectivity index (χ1n) is 8.48. The van der Waals surface area contributed by atoms with Gasteiger partial charge in [-0.15, -0.1) is 0 Å². The second-order valence-electron chi connectivity index (χ2n) is 6.42. The third-order valence-corrected chi connectivity index (χ3v) is 4.79. The molecule has 1 unspecified atom stereocenters. The van der Waals surface area contributed by atoms with Crippen LogP contribution < -0.4 is 0 Å². The number of nitro groups is 1. The standard InChI is InChI=1S/C19H17N3O5/c23-19(24)17-8-7-15(27-17)12-21-11-10-20-9-1-2-16(20)18(21)13-3-5-14(6-4-13)22(25)26/h1-9,18H,10-12H2,(H,23,24). The first-order chi connectivity index (χ1) is 13.0. The molecule has 0 fully saturated rings. The lowest BCUT2D eigenvalue weighted by Gasteiger charge is -2.36. The van der Waals surface area contributed by atoms with E-state index < -0.39 is 10.9 Å². The maximum absolute atomic E-state index is 11.0. The number of carbonyl (C=O) groups is 1. The highest BCUT2D eigenvalue weighted by Crippen LogP contribution is 2.34. The minimum atomic E-state index is -1.10. The molecule has 0 radical (unpaired) electrons. The van der Waals surface area contributed by atoms with E-state index in [-0.39, 0.29) is 17.5 Å². The average Bonchev–Trinajstić information content (AvgIpc) is 3.31. The number of rotatable bonds is 5. The molecule has 0 saturated heterocycles. The number of nitrogens with zero attached hydrogens (tertiary/aromatic N) is 3. The van der Waals surface area contributed by atoms with Gasteiger partial charge >= 0.3 is 5.97 Å². The van der Waals surface area contributed by atoms with E-state index in [0.29, 0.717) is 12.3 Å². The Labute approximate surface area is 154 Å². The van der Waals surface area contributed by atoms with E-state index >= 15 is 0 Å². The molecule has 8 heteroatoms. The zero-order chi connectivity index (χ0) is 19.0. The molecule has 4 rings (SSSR count). The molecule has 27 heavy (non-hydrogen) atoms. The summed E-state index contributed by atoms with van der Waals surface area (Å²) < 4.78 is 7.57. The summed E-state index contributed by atoms with van der Waals surface area (Å²) in [5.74, 6) is -0.614. The van der Waals surface area contributed by atoms with Crippen molar-refractivity contribution in [3.8, 4) is 0 Å². The van der Waals surface area contributed by atoms with Gasteiger partial charge in [-0.1, -0.05) is 12.1 Å². The lowest BCUT2D eigenvalue weighted by molar-refractivity contribution is -0.384. The van der Waals surface area contributed by atoms with Gasteiger partial charge in [0.1, 0.15) is 5.76 Å². The van der Waals surface area contributed by atoms with E-state index in [1.165, 1.54) is 18.2 Å². The predicted molar refractivity (Wildman–Crippen MR) is 95.4 cm³/mol. The minimum absolute atomic E-state index is 0.0497. The van der Waals surface area contributed by atoms with Crippen molar-refractivity contribution < 1.29 is 19.2 Å². The van der Waals surface area contributed by atoms with Gasteiger partial charge in [-0.25, -0.2) is 4.79 Å². The number of benzene rings is 1. The maximum Gasteiger partial charge on any atom is 0.371 e. The number of hydrogen-bond donors (Lipinski definition) is 1. The summed E-state index contributed by atoms with van der Waals surface area (Å²) in [4.78, 5) is 23.7. The maximum atomic E-state index is 11.0. The lowest BCUT2D eigenvalue weighted by atomic mass is 9.99. The average molecular weight is 367 g/mol. The van der Waals surface area contributed by atoms with Crippen LogP contribution in [0.3, 0.4) is 0 Å². The van der Waals surface area contributed by atoms with Crippen LogP contribution in [0.5, 0.6) is 0 Å². The summed E-state index contributed by atoms with van der Waals surface area (Å²) in [5.41, 5.74) is 2.07. The van der Waals surface area contributed by atoms with Gasteiger partial charge in [0.05, 0.1) is 17.5 Å². The van der Waals surface area contributed by atoms with Gasteiger partial charge < -0.3 is 14.1 Å². The van der Waals surface area contributed by atoms with Crippen molar-refractivity contribution in [2.75, 3.05) is 6.54 Å². The summed E-state index contributed by atoms with van der Waals surface area (Å²) in [6.45, 7) is 1.99. The van der Waals surface area contributed by atoms with E-state index in [1.54, 1.807) is 18.2 Å². The Kier molecular flexibility index (Phi) is 4.25. The van der Waals surface area contributed by atoms with Gasteiger partial charge in [0.15, 0.2) is 0 Å². The second-order valence-corrected chi connectivity index (χ2v) is 6.42. The molecule has 0 amide bonds. The fourth-order valence-corrected chi connectivity index (χ4v) is 3.54. The van der Waals surface area contributed by atoms with Crippen molar-refractivity contribution in [3.63, 3.8) is 0 Å². The number of carboxylic acids is 1. The molecule has 0 saturated carbocycles. The fraction of sp³-hybridized carbons (Fsp3) is 0.211. The number of fused-ring (bicyclic) bond motifs is 1. The highest BCUT2D eigenvalue weighted by Gasteiger charge is 2.30. The van der Waals surface area contributed by atoms with E-state index in [4.69, 9.17) is 9.52 Å². The molecule has 0 bridgehead atoms. The molecule has 0 spiro atoms. The van der Waals surface area contributed by atoms with E-state index in [2.05, 4.69) is 9.47 Å². The molecule has 138 valence electrons. The van der Waals surface area contributed by atoms with Gasteiger partial charge in [0.25, 0.3) is 5.69 Å². The number of furan rings is 1. The van der Waals surface area contributed by atoms with Crippen molar-refractivity contribution >= 4 is 11.7 Å². The van der Waals surface area contributed by atoms with Crippen LogP contribution in [0, 0.1) is 10.1 Å². The summed E-state index contributed by atoms with van der Waals surface area (Å²) in [5, 5.41) is 20.0. The number of carboxylic acid groups (broad SMARTS) is 1. The molecule has 1 aliphatic heterocycles. The van der Waals surface area contributed by atoms with Gasteiger partial charge in [0, 0.05) is 37.1 Å². The molecule has 1 atom stereocenters. The predicted octanol–water partition coefficient (Wildman–Crippen LogP) is 3.29. The van der Waals surface area contributed by atoms with Crippen LogP contribution in [0.15, 0.2) is 59.1 Å². The van der Waals surface area contributed by atoms with E-state index in [1.807, 2.05) is 18.3 Å². The molecule has 2 aromatic heterocycles. The van der Waals surface area contributed by atoms with Gasteiger partial charge in [-0.05, 0) is 29.8 Å². The summed E-state index contributed by atoms with van der Waals surface area (Å²) >= 11 is 0. The number of aromatic carboxylic acids is 1. The molecule has 3 heterocycles. The summed E-state index contributed by atoms with van der Waals surface area (Å²) in [7, 11) is 0. The number of aromatic nitrogens is 1. The lowest BCUT2D eigenvalue weighted by Crippen LogP contribution is -2.37. The van der Waals surface area contributed by atoms with Crippen molar-refractivity contribution in [2.45, 2.75) is 19.1 Å². The van der Waals surface area contributed by atoms with Crippen molar-refractivity contribution in [3.05, 3.63) is 87.6 Å². The highest BCUT2D eigenvalue weighted by atomic mass is 16.6. The smallest absolute Gasteiger partial charge is 0.371 e. The van der Waals surface area contributed by atoms with Crippen molar-refractivity contribution in [1.82, 2.24) is 9.47 Å². The van der Waals surface area contributed by atoms with Crippen molar-refractivity contribution in [1.29, 1.82) is 0 Å². The zero-order valence-electron chi connectivity index (χ0n) is 14.3. The van der Waals surface area contributed by atoms with E-state index in [0.717, 1.165) is 24.3 Å². The van der Waals surface area contributed by atoms with Crippen LogP contribution in [-0.2, 0) is 13.1 Å².